The number of hydrogen-bond acceptors (Lipinski definition) is 6. The van der Waals surface area contributed by atoms with Crippen molar-refractivity contribution in [2.75, 3.05) is 17.7 Å². The number of nitrogens with zero attached hydrogens (tertiary/aromatic N) is 3. The maximum atomic E-state index is 12.3. The van der Waals surface area contributed by atoms with Gasteiger partial charge in [0.15, 0.2) is 11.0 Å². The Kier molecular flexibility index (Phi) is 5.95. The number of carbonyl (C=O) groups is 1. The highest BCUT2D eigenvalue weighted by Gasteiger charge is 2.14. The van der Waals surface area contributed by atoms with Crippen LogP contribution in [0.2, 0.25) is 0 Å². The van der Waals surface area contributed by atoms with Crippen LogP contribution in [-0.4, -0.2) is 33.0 Å². The molecule has 0 unspecified atom stereocenters. The van der Waals surface area contributed by atoms with Gasteiger partial charge in [-0.1, -0.05) is 23.9 Å². The minimum Gasteiger partial charge on any atom is -0.492 e. The third-order valence-corrected chi connectivity index (χ3v) is 5.50. The van der Waals surface area contributed by atoms with Crippen molar-refractivity contribution < 1.29 is 9.53 Å². The molecule has 1 amide bonds. The van der Waals surface area contributed by atoms with Crippen molar-refractivity contribution in [1.82, 2.24) is 14.8 Å². The first kappa shape index (κ1) is 18.5. The Labute approximate surface area is 160 Å². The van der Waals surface area contributed by atoms with Gasteiger partial charge in [0, 0.05) is 22.9 Å². The van der Waals surface area contributed by atoms with Crippen molar-refractivity contribution in [2.45, 2.75) is 19.0 Å². The molecule has 2 heterocycles. The minimum atomic E-state index is -0.113. The van der Waals surface area contributed by atoms with Gasteiger partial charge < -0.3 is 14.6 Å². The van der Waals surface area contributed by atoms with Gasteiger partial charge in [-0.15, -0.1) is 21.5 Å². The van der Waals surface area contributed by atoms with E-state index >= 15 is 0 Å². The van der Waals surface area contributed by atoms with Gasteiger partial charge in [-0.05, 0) is 32.0 Å². The lowest BCUT2D eigenvalue weighted by Crippen LogP contribution is -2.15. The van der Waals surface area contributed by atoms with E-state index in [0.717, 1.165) is 11.4 Å². The molecule has 0 saturated heterocycles. The molecular weight excluding hydrogens is 368 g/mol. The number of thiophene rings is 1. The van der Waals surface area contributed by atoms with Gasteiger partial charge in [-0.25, -0.2) is 0 Å². The molecule has 136 valence electrons. The fraction of sp³-hybridized carbons (Fsp3) is 0.278. The maximum Gasteiger partial charge on any atom is 0.234 e. The molecule has 26 heavy (non-hydrogen) atoms. The molecule has 6 nitrogen and oxygen atoms in total. The van der Waals surface area contributed by atoms with Crippen molar-refractivity contribution in [2.24, 2.45) is 7.05 Å². The van der Waals surface area contributed by atoms with Crippen LogP contribution in [0, 0.1) is 6.92 Å². The second-order valence-electron chi connectivity index (χ2n) is 5.58. The zero-order chi connectivity index (χ0) is 18.5. The monoisotopic (exact) mass is 388 g/mol. The third-order valence-electron chi connectivity index (χ3n) is 3.62. The van der Waals surface area contributed by atoms with E-state index in [2.05, 4.69) is 33.9 Å². The van der Waals surface area contributed by atoms with Crippen LogP contribution in [-0.2, 0) is 11.8 Å². The minimum absolute atomic E-state index is 0.113. The Morgan fingerprint density at radius 2 is 2.15 bits per heavy atom. The fourth-order valence-electron chi connectivity index (χ4n) is 2.42. The molecule has 0 spiro atoms. The largest absolute Gasteiger partial charge is 0.492 e. The second kappa shape index (κ2) is 8.37. The number of anilines is 1. The smallest absolute Gasteiger partial charge is 0.234 e. The number of para-hydroxylation sites is 2. The summed E-state index contributed by atoms with van der Waals surface area (Å²) < 4.78 is 7.44. The quantitative estimate of drug-likeness (QED) is 0.620. The van der Waals surface area contributed by atoms with E-state index in [9.17, 15) is 4.79 Å². The molecule has 0 radical (unpaired) electrons. The summed E-state index contributed by atoms with van der Waals surface area (Å²) in [7, 11) is 1.91. The van der Waals surface area contributed by atoms with Crippen LogP contribution < -0.4 is 10.1 Å². The SMILES string of the molecule is CCOc1ccccc1NC(=O)CSc1nnc(-c2csc(C)c2)n1C. The Balaban J connectivity index is 1.63. The summed E-state index contributed by atoms with van der Waals surface area (Å²) in [5.74, 6) is 1.61. The number of hydrogen-bond donors (Lipinski definition) is 1. The van der Waals surface area contributed by atoms with E-state index in [1.807, 2.05) is 42.8 Å². The Bertz CT molecular complexity index is 904. The molecule has 3 rings (SSSR count). The summed E-state index contributed by atoms with van der Waals surface area (Å²) in [6.07, 6.45) is 0. The lowest BCUT2D eigenvalue weighted by Gasteiger charge is -2.11. The predicted octanol–water partition coefficient (Wildman–Crippen LogP) is 3.98. The van der Waals surface area contributed by atoms with E-state index in [-0.39, 0.29) is 11.7 Å². The Morgan fingerprint density at radius 1 is 1.35 bits per heavy atom. The van der Waals surface area contributed by atoms with E-state index in [4.69, 9.17) is 4.74 Å². The lowest BCUT2D eigenvalue weighted by atomic mass is 10.3. The third kappa shape index (κ3) is 4.25. The second-order valence-corrected chi connectivity index (χ2v) is 7.64. The molecule has 1 aromatic carbocycles. The van der Waals surface area contributed by atoms with E-state index in [0.29, 0.717) is 23.2 Å². The van der Waals surface area contributed by atoms with Gasteiger partial charge in [0.05, 0.1) is 18.0 Å². The summed E-state index contributed by atoms with van der Waals surface area (Å²) >= 11 is 3.03. The maximum absolute atomic E-state index is 12.3. The molecule has 1 N–H and O–H groups in total. The van der Waals surface area contributed by atoms with Crippen molar-refractivity contribution in [3.63, 3.8) is 0 Å². The van der Waals surface area contributed by atoms with Gasteiger partial charge in [-0.2, -0.15) is 0 Å². The predicted molar refractivity (Wildman–Crippen MR) is 106 cm³/mol. The number of benzene rings is 1. The van der Waals surface area contributed by atoms with Crippen LogP contribution in [0.25, 0.3) is 11.4 Å². The van der Waals surface area contributed by atoms with Crippen molar-refractivity contribution in [1.29, 1.82) is 0 Å². The van der Waals surface area contributed by atoms with Crippen LogP contribution in [0.5, 0.6) is 5.75 Å². The first-order chi connectivity index (χ1) is 12.6. The fourth-order valence-corrected chi connectivity index (χ4v) is 3.81. The van der Waals surface area contributed by atoms with E-state index < -0.39 is 0 Å². The van der Waals surface area contributed by atoms with Gasteiger partial charge in [-0.3, -0.25) is 4.79 Å². The van der Waals surface area contributed by atoms with Crippen LogP contribution in [0.4, 0.5) is 5.69 Å². The highest BCUT2D eigenvalue weighted by atomic mass is 32.2. The van der Waals surface area contributed by atoms with Gasteiger partial charge in [0.2, 0.25) is 5.91 Å². The molecular formula is C18H20N4O2S2. The molecule has 0 saturated carbocycles. The molecule has 0 atom stereocenters. The molecule has 0 bridgehead atoms. The number of nitrogens with one attached hydrogen (secondary N) is 1. The Morgan fingerprint density at radius 3 is 2.88 bits per heavy atom. The zero-order valence-corrected chi connectivity index (χ0v) is 16.5. The lowest BCUT2D eigenvalue weighted by molar-refractivity contribution is -0.113. The molecule has 0 aliphatic rings. The zero-order valence-electron chi connectivity index (χ0n) is 14.9. The van der Waals surface area contributed by atoms with E-state index in [1.54, 1.807) is 11.3 Å². The van der Waals surface area contributed by atoms with Crippen molar-refractivity contribution in [3.8, 4) is 17.1 Å². The standard InChI is InChI=1S/C18H20N4O2S2/c1-4-24-15-8-6-5-7-14(15)19-16(23)11-26-18-21-20-17(22(18)3)13-9-12(2)25-10-13/h5-10H,4,11H2,1-3H3,(H,19,23). The van der Waals surface area contributed by atoms with Crippen LogP contribution >= 0.6 is 23.1 Å². The number of amides is 1. The molecule has 2 aromatic heterocycles. The van der Waals surface area contributed by atoms with Crippen molar-refractivity contribution in [3.05, 3.63) is 40.6 Å². The molecule has 3 aromatic rings. The average molecular weight is 389 g/mol. The van der Waals surface area contributed by atoms with Gasteiger partial charge in [0.1, 0.15) is 5.75 Å². The number of carbonyl (C=O) groups excluding carboxylic acids is 1. The summed E-state index contributed by atoms with van der Waals surface area (Å²) in [5.41, 5.74) is 1.72. The summed E-state index contributed by atoms with van der Waals surface area (Å²) in [6, 6.07) is 9.49. The average Bonchev–Trinajstić information content (AvgIpc) is 3.20. The Hall–Kier alpha value is -2.32. The summed E-state index contributed by atoms with van der Waals surface area (Å²) in [4.78, 5) is 13.5. The van der Waals surface area contributed by atoms with Gasteiger partial charge in [0.25, 0.3) is 0 Å². The van der Waals surface area contributed by atoms with Gasteiger partial charge >= 0.3 is 0 Å². The summed E-state index contributed by atoms with van der Waals surface area (Å²) in [5, 5.41) is 14.1. The van der Waals surface area contributed by atoms with Crippen LogP contribution in [0.3, 0.4) is 0 Å². The molecule has 0 aliphatic carbocycles. The number of rotatable bonds is 7. The normalized spacial score (nSPS) is 10.7. The highest BCUT2D eigenvalue weighted by molar-refractivity contribution is 7.99. The number of thioether (sulfide) groups is 1. The highest BCUT2D eigenvalue weighted by Crippen LogP contribution is 2.27. The first-order valence-electron chi connectivity index (χ1n) is 8.18. The van der Waals surface area contributed by atoms with Crippen LogP contribution in [0.15, 0.2) is 40.9 Å². The summed E-state index contributed by atoms with van der Waals surface area (Å²) in [6.45, 7) is 4.52. The molecule has 0 fully saturated rings. The number of ether oxygens (including phenoxy) is 1. The van der Waals surface area contributed by atoms with Crippen LogP contribution in [0.1, 0.15) is 11.8 Å². The first-order valence-corrected chi connectivity index (χ1v) is 10.0. The number of aryl methyl sites for hydroxylation is 1. The topological polar surface area (TPSA) is 69.0 Å². The van der Waals surface area contributed by atoms with E-state index in [1.165, 1.54) is 16.6 Å². The number of aromatic nitrogens is 3. The van der Waals surface area contributed by atoms with Crippen molar-refractivity contribution >= 4 is 34.7 Å². The molecule has 8 heteroatoms. The molecule has 0 aliphatic heterocycles.